The molecule has 0 aliphatic heterocycles. The van der Waals surface area contributed by atoms with E-state index in [2.05, 4.69) is 10.9 Å². The zero-order valence-corrected chi connectivity index (χ0v) is 15.0. The van der Waals surface area contributed by atoms with Crippen molar-refractivity contribution in [3.8, 4) is 11.5 Å². The lowest BCUT2D eigenvalue weighted by molar-refractivity contribution is -0.128. The second-order valence-electron chi connectivity index (χ2n) is 5.67. The SMILES string of the molecule is COc1ccccc1/C=C/C(=O)NNC(=O)COc1ccc(C)cc1C. The maximum Gasteiger partial charge on any atom is 0.276 e. The first-order valence-electron chi connectivity index (χ1n) is 8.09. The summed E-state index contributed by atoms with van der Waals surface area (Å²) in [5.74, 6) is 0.371. The molecule has 0 fully saturated rings. The molecule has 0 aromatic heterocycles. The average Bonchev–Trinajstić information content (AvgIpc) is 2.64. The number of nitrogens with one attached hydrogen (secondary N) is 2. The van der Waals surface area contributed by atoms with Crippen LogP contribution in [0.1, 0.15) is 16.7 Å². The molecule has 0 unspecified atom stereocenters. The Labute approximate surface area is 152 Å². The molecule has 0 aliphatic rings. The monoisotopic (exact) mass is 354 g/mol. The Balaban J connectivity index is 1.79. The van der Waals surface area contributed by atoms with Crippen molar-refractivity contribution in [2.75, 3.05) is 13.7 Å². The molecule has 0 spiro atoms. The van der Waals surface area contributed by atoms with Crippen LogP contribution in [0.15, 0.2) is 48.5 Å². The molecule has 136 valence electrons. The van der Waals surface area contributed by atoms with Gasteiger partial charge in [-0.3, -0.25) is 20.4 Å². The van der Waals surface area contributed by atoms with Crippen LogP contribution >= 0.6 is 0 Å². The molecule has 2 aromatic carbocycles. The predicted octanol–water partition coefficient (Wildman–Crippen LogP) is 2.55. The second-order valence-corrected chi connectivity index (χ2v) is 5.67. The van der Waals surface area contributed by atoms with Crippen molar-refractivity contribution in [2.24, 2.45) is 0 Å². The lowest BCUT2D eigenvalue weighted by Gasteiger charge is -2.10. The molecule has 0 aliphatic carbocycles. The summed E-state index contributed by atoms with van der Waals surface area (Å²) in [6.45, 7) is 3.70. The van der Waals surface area contributed by atoms with Crippen LogP contribution < -0.4 is 20.3 Å². The highest BCUT2D eigenvalue weighted by Crippen LogP contribution is 2.19. The molecule has 6 heteroatoms. The molecule has 6 nitrogen and oxygen atoms in total. The van der Waals surface area contributed by atoms with Crippen LogP contribution in [0, 0.1) is 13.8 Å². The van der Waals surface area contributed by atoms with Gasteiger partial charge in [-0.15, -0.1) is 0 Å². The summed E-state index contributed by atoms with van der Waals surface area (Å²) >= 11 is 0. The summed E-state index contributed by atoms with van der Waals surface area (Å²) in [5, 5.41) is 0. The molecule has 2 N–H and O–H groups in total. The van der Waals surface area contributed by atoms with Gasteiger partial charge in [0.25, 0.3) is 11.8 Å². The van der Waals surface area contributed by atoms with E-state index in [0.717, 1.165) is 16.7 Å². The van der Waals surface area contributed by atoms with Gasteiger partial charge in [-0.1, -0.05) is 35.9 Å². The van der Waals surface area contributed by atoms with Crippen LogP contribution in [0.2, 0.25) is 0 Å². The van der Waals surface area contributed by atoms with Crippen LogP contribution in [0.3, 0.4) is 0 Å². The Morgan fingerprint density at radius 1 is 1.04 bits per heavy atom. The lowest BCUT2D eigenvalue weighted by atomic mass is 10.1. The number of hydrazine groups is 1. The number of methoxy groups -OCH3 is 1. The van der Waals surface area contributed by atoms with Crippen molar-refractivity contribution in [3.05, 3.63) is 65.2 Å². The van der Waals surface area contributed by atoms with E-state index in [9.17, 15) is 9.59 Å². The largest absolute Gasteiger partial charge is 0.496 e. The number of ether oxygens (including phenoxy) is 2. The molecule has 0 bridgehead atoms. The fourth-order valence-corrected chi connectivity index (χ4v) is 2.28. The Morgan fingerprint density at radius 3 is 2.54 bits per heavy atom. The molecule has 2 aromatic rings. The van der Waals surface area contributed by atoms with Crippen LogP contribution in [-0.2, 0) is 9.59 Å². The van der Waals surface area contributed by atoms with Gasteiger partial charge in [0, 0.05) is 11.6 Å². The van der Waals surface area contributed by atoms with Crippen molar-refractivity contribution in [1.29, 1.82) is 0 Å². The molecule has 0 saturated heterocycles. The number of hydrogen-bond acceptors (Lipinski definition) is 4. The highest BCUT2D eigenvalue weighted by Gasteiger charge is 2.06. The maximum absolute atomic E-state index is 11.8. The summed E-state index contributed by atoms with van der Waals surface area (Å²) in [5.41, 5.74) is 7.43. The van der Waals surface area contributed by atoms with Crippen molar-refractivity contribution in [3.63, 3.8) is 0 Å². The van der Waals surface area contributed by atoms with Crippen LogP contribution in [0.25, 0.3) is 6.08 Å². The van der Waals surface area contributed by atoms with Gasteiger partial charge in [0.05, 0.1) is 7.11 Å². The average molecular weight is 354 g/mol. The number of amides is 2. The zero-order chi connectivity index (χ0) is 18.9. The normalized spacial score (nSPS) is 10.4. The Bertz CT molecular complexity index is 815. The summed E-state index contributed by atoms with van der Waals surface area (Å²) in [7, 11) is 1.56. The van der Waals surface area contributed by atoms with Crippen LogP contribution in [0.4, 0.5) is 0 Å². The van der Waals surface area contributed by atoms with E-state index < -0.39 is 11.8 Å². The second kappa shape index (κ2) is 9.27. The van der Waals surface area contributed by atoms with Gasteiger partial charge in [-0.25, -0.2) is 0 Å². The summed E-state index contributed by atoms with van der Waals surface area (Å²) in [6.07, 6.45) is 2.91. The maximum atomic E-state index is 11.8. The molecule has 0 heterocycles. The van der Waals surface area contributed by atoms with Crippen molar-refractivity contribution < 1.29 is 19.1 Å². The first-order chi connectivity index (χ1) is 12.5. The van der Waals surface area contributed by atoms with E-state index in [1.54, 1.807) is 19.3 Å². The third-order valence-corrected chi connectivity index (χ3v) is 3.57. The number of para-hydroxylation sites is 1. The number of aryl methyl sites for hydroxylation is 2. The van der Waals surface area contributed by atoms with Gasteiger partial charge in [-0.2, -0.15) is 0 Å². The highest BCUT2D eigenvalue weighted by atomic mass is 16.5. The highest BCUT2D eigenvalue weighted by molar-refractivity contribution is 5.93. The Kier molecular flexibility index (Phi) is 6.79. The van der Waals surface area contributed by atoms with Crippen LogP contribution in [-0.4, -0.2) is 25.5 Å². The zero-order valence-electron chi connectivity index (χ0n) is 15.0. The van der Waals surface area contributed by atoms with E-state index in [-0.39, 0.29) is 6.61 Å². The molecule has 0 radical (unpaired) electrons. The molecule has 2 rings (SSSR count). The molecule has 2 amide bonds. The third kappa shape index (κ3) is 5.66. The summed E-state index contributed by atoms with van der Waals surface area (Å²) in [6, 6.07) is 13.0. The fraction of sp³-hybridized carbons (Fsp3) is 0.200. The van der Waals surface area contributed by atoms with Gasteiger partial charge in [0.15, 0.2) is 6.61 Å². The van der Waals surface area contributed by atoms with Gasteiger partial charge >= 0.3 is 0 Å². The predicted molar refractivity (Wildman–Crippen MR) is 99.7 cm³/mol. The van der Waals surface area contributed by atoms with Gasteiger partial charge in [0.1, 0.15) is 11.5 Å². The van der Waals surface area contributed by atoms with Crippen molar-refractivity contribution in [2.45, 2.75) is 13.8 Å². The minimum absolute atomic E-state index is 0.194. The first kappa shape index (κ1) is 19.1. The quantitative estimate of drug-likeness (QED) is 0.617. The Morgan fingerprint density at radius 2 is 1.81 bits per heavy atom. The number of carbonyl (C=O) groups is 2. The van der Waals surface area contributed by atoms with Gasteiger partial charge in [0.2, 0.25) is 0 Å². The first-order valence-corrected chi connectivity index (χ1v) is 8.09. The van der Waals surface area contributed by atoms with E-state index in [1.165, 1.54) is 6.08 Å². The minimum atomic E-state index is -0.462. The van der Waals surface area contributed by atoms with Gasteiger partial charge < -0.3 is 9.47 Å². The Hall–Kier alpha value is -3.28. The minimum Gasteiger partial charge on any atom is -0.496 e. The van der Waals surface area contributed by atoms with Crippen LogP contribution in [0.5, 0.6) is 11.5 Å². The molecular formula is C20H22N2O4. The van der Waals surface area contributed by atoms with Crippen molar-refractivity contribution >= 4 is 17.9 Å². The smallest absolute Gasteiger partial charge is 0.276 e. The van der Waals surface area contributed by atoms with E-state index >= 15 is 0 Å². The summed E-state index contributed by atoms with van der Waals surface area (Å²) in [4.78, 5) is 23.6. The molecular weight excluding hydrogens is 332 g/mol. The lowest BCUT2D eigenvalue weighted by Crippen LogP contribution is -2.43. The van der Waals surface area contributed by atoms with E-state index in [4.69, 9.17) is 9.47 Å². The van der Waals surface area contributed by atoms with Gasteiger partial charge in [-0.05, 0) is 37.6 Å². The molecule has 0 saturated carbocycles. The standard InChI is InChI=1S/C20H22N2O4/c1-14-8-10-17(15(2)12-14)26-13-20(24)22-21-19(23)11-9-16-6-4-5-7-18(16)25-3/h4-12H,13H2,1-3H3,(H,21,23)(H,22,24)/b11-9+. The third-order valence-electron chi connectivity index (χ3n) is 3.57. The number of benzene rings is 2. The topological polar surface area (TPSA) is 76.7 Å². The van der Waals surface area contributed by atoms with E-state index in [1.807, 2.05) is 50.2 Å². The summed E-state index contributed by atoms with van der Waals surface area (Å²) < 4.78 is 10.6. The molecule has 26 heavy (non-hydrogen) atoms. The van der Waals surface area contributed by atoms with Crippen molar-refractivity contribution in [1.82, 2.24) is 10.9 Å². The number of rotatable bonds is 6. The molecule has 0 atom stereocenters. The van der Waals surface area contributed by atoms with E-state index in [0.29, 0.717) is 11.5 Å². The number of hydrogen-bond donors (Lipinski definition) is 2. The fourth-order valence-electron chi connectivity index (χ4n) is 2.28. The number of carbonyl (C=O) groups excluding carboxylic acids is 2.